The third kappa shape index (κ3) is 5.12. The molecule has 0 fully saturated rings. The second-order valence-electron chi connectivity index (χ2n) is 9.35. The van der Waals surface area contributed by atoms with Crippen molar-refractivity contribution >= 4 is 42.9 Å². The van der Waals surface area contributed by atoms with Crippen molar-refractivity contribution in [3.63, 3.8) is 0 Å². The number of fused-ring (bicyclic) bond motifs is 1. The summed E-state index contributed by atoms with van der Waals surface area (Å²) in [5.41, 5.74) is 2.09. The summed E-state index contributed by atoms with van der Waals surface area (Å²) in [5.74, 6) is -0.819. The Bertz CT molecular complexity index is 1180. The highest BCUT2D eigenvalue weighted by atomic mass is 32.1. The van der Waals surface area contributed by atoms with Crippen LogP contribution in [0.1, 0.15) is 37.4 Å². The van der Waals surface area contributed by atoms with Gasteiger partial charge in [-0.15, -0.1) is 11.3 Å². The smallest absolute Gasteiger partial charge is 0.351 e. The van der Waals surface area contributed by atoms with Crippen molar-refractivity contribution in [1.82, 2.24) is 9.38 Å². The number of ether oxygens (including phenoxy) is 1. The maximum absolute atomic E-state index is 12.5. The van der Waals surface area contributed by atoms with E-state index in [0.717, 1.165) is 11.3 Å². The molecule has 0 bridgehead atoms. The van der Waals surface area contributed by atoms with Gasteiger partial charge in [0, 0.05) is 25.7 Å². The van der Waals surface area contributed by atoms with Gasteiger partial charge in [-0.1, -0.05) is 20.8 Å². The van der Waals surface area contributed by atoms with Gasteiger partial charge in [-0.05, 0) is 30.3 Å². The number of aromatic hydroxyl groups is 1. The van der Waals surface area contributed by atoms with Crippen LogP contribution < -0.4 is 4.90 Å². The monoisotopic (exact) mass is 489 g/mol. The number of pyridine rings is 1. The standard InChI is InChI=1S/C23H31N3O5SSi/c1-15(27)25(10-11-31-33(6,7)23(2,3)4)16-8-9-20-24-13-17(26(20)14-16)19-12-18(28)21(32-19)22(29)30-5/h8-9,12-14,28H,10-11H2,1-7H3. The lowest BCUT2D eigenvalue weighted by Gasteiger charge is -2.36. The highest BCUT2D eigenvalue weighted by Gasteiger charge is 2.37. The van der Waals surface area contributed by atoms with Gasteiger partial charge in [0.25, 0.3) is 0 Å². The Hall–Kier alpha value is -2.69. The summed E-state index contributed by atoms with van der Waals surface area (Å²) in [4.78, 5) is 31.2. The maximum atomic E-state index is 12.5. The molecule has 0 spiro atoms. The Morgan fingerprint density at radius 1 is 1.27 bits per heavy atom. The van der Waals surface area contributed by atoms with Gasteiger partial charge in [-0.25, -0.2) is 9.78 Å². The first-order valence-corrected chi connectivity index (χ1v) is 14.4. The van der Waals surface area contributed by atoms with E-state index in [1.54, 1.807) is 11.1 Å². The molecule has 8 nitrogen and oxygen atoms in total. The summed E-state index contributed by atoms with van der Waals surface area (Å²) < 4.78 is 12.8. The fourth-order valence-electron chi connectivity index (χ4n) is 3.13. The second kappa shape index (κ2) is 9.28. The summed E-state index contributed by atoms with van der Waals surface area (Å²) in [5, 5.41) is 10.2. The third-order valence-corrected chi connectivity index (χ3v) is 11.8. The number of thiophene rings is 1. The Morgan fingerprint density at radius 2 is 1.97 bits per heavy atom. The van der Waals surface area contributed by atoms with Crippen LogP contribution in [0, 0.1) is 0 Å². The first kappa shape index (κ1) is 24.9. The van der Waals surface area contributed by atoms with Crippen molar-refractivity contribution < 1.29 is 23.9 Å². The molecule has 0 saturated heterocycles. The number of carbonyl (C=O) groups is 2. The van der Waals surface area contributed by atoms with E-state index in [0.29, 0.717) is 35.1 Å². The zero-order valence-electron chi connectivity index (χ0n) is 20.1. The van der Waals surface area contributed by atoms with Gasteiger partial charge in [0.2, 0.25) is 5.91 Å². The number of aromatic nitrogens is 2. The van der Waals surface area contributed by atoms with E-state index in [2.05, 4.69) is 38.8 Å². The van der Waals surface area contributed by atoms with E-state index in [1.165, 1.54) is 20.1 Å². The highest BCUT2D eigenvalue weighted by Crippen LogP contribution is 2.37. The van der Waals surface area contributed by atoms with E-state index in [1.807, 2.05) is 22.7 Å². The van der Waals surface area contributed by atoms with Gasteiger partial charge in [0.15, 0.2) is 13.2 Å². The molecular formula is C23H31N3O5SSi. The zero-order valence-corrected chi connectivity index (χ0v) is 21.9. The minimum Gasteiger partial charge on any atom is -0.506 e. The molecule has 0 aliphatic carbocycles. The van der Waals surface area contributed by atoms with Crippen LogP contribution in [0.25, 0.3) is 16.2 Å². The SMILES string of the molecule is COC(=O)c1sc(-c2cnc3ccc(N(CCO[Si](C)(C)C(C)(C)C)C(C)=O)cn23)cc1O. The molecule has 1 N–H and O–H groups in total. The lowest BCUT2D eigenvalue weighted by molar-refractivity contribution is -0.116. The highest BCUT2D eigenvalue weighted by molar-refractivity contribution is 7.17. The minimum atomic E-state index is -1.92. The van der Waals surface area contributed by atoms with Gasteiger partial charge >= 0.3 is 5.97 Å². The number of hydrogen-bond acceptors (Lipinski definition) is 7. The lowest BCUT2D eigenvalue weighted by Crippen LogP contribution is -2.43. The summed E-state index contributed by atoms with van der Waals surface area (Å²) in [6, 6.07) is 5.20. The van der Waals surface area contributed by atoms with Gasteiger partial charge in [0.05, 0.1) is 36.2 Å². The molecule has 3 heterocycles. The van der Waals surface area contributed by atoms with Crippen LogP contribution in [0.5, 0.6) is 5.75 Å². The number of methoxy groups -OCH3 is 1. The van der Waals surface area contributed by atoms with Crippen molar-refractivity contribution in [2.45, 2.75) is 45.8 Å². The molecule has 10 heteroatoms. The van der Waals surface area contributed by atoms with Crippen LogP contribution >= 0.6 is 11.3 Å². The van der Waals surface area contributed by atoms with Gasteiger partial charge < -0.3 is 19.2 Å². The third-order valence-electron chi connectivity index (χ3n) is 6.10. The minimum absolute atomic E-state index is 0.0865. The summed E-state index contributed by atoms with van der Waals surface area (Å²) in [7, 11) is -0.652. The number of esters is 1. The van der Waals surface area contributed by atoms with Crippen molar-refractivity contribution in [2.75, 3.05) is 25.2 Å². The molecule has 3 aromatic heterocycles. The van der Waals surface area contributed by atoms with Gasteiger partial charge in [-0.3, -0.25) is 9.20 Å². The van der Waals surface area contributed by atoms with Crippen LogP contribution in [0.15, 0.2) is 30.6 Å². The summed E-state index contributed by atoms with van der Waals surface area (Å²) in [6.45, 7) is 13.3. The van der Waals surface area contributed by atoms with Crippen LogP contribution in [-0.4, -0.2) is 54.9 Å². The van der Waals surface area contributed by atoms with Gasteiger partial charge in [-0.2, -0.15) is 0 Å². The summed E-state index contributed by atoms with van der Waals surface area (Å²) >= 11 is 1.12. The molecule has 0 saturated carbocycles. The number of nitrogens with zero attached hydrogens (tertiary/aromatic N) is 3. The number of anilines is 1. The van der Waals surface area contributed by atoms with Crippen molar-refractivity contribution in [3.05, 3.63) is 35.5 Å². The summed E-state index contributed by atoms with van der Waals surface area (Å²) in [6.07, 6.45) is 3.50. The number of amides is 1. The molecule has 0 aliphatic heterocycles. The van der Waals surface area contributed by atoms with E-state index in [9.17, 15) is 14.7 Å². The molecule has 0 unspecified atom stereocenters. The average Bonchev–Trinajstić information content (AvgIpc) is 3.32. The number of imidazole rings is 1. The lowest BCUT2D eigenvalue weighted by atomic mass is 10.2. The molecule has 3 aromatic rings. The first-order chi connectivity index (χ1) is 15.4. The predicted octanol–water partition coefficient (Wildman–Crippen LogP) is 4.93. The Labute approximate surface area is 198 Å². The van der Waals surface area contributed by atoms with Gasteiger partial charge in [0.1, 0.15) is 11.4 Å². The topological polar surface area (TPSA) is 93.4 Å². The molecule has 0 aliphatic rings. The number of hydrogen-bond donors (Lipinski definition) is 1. The van der Waals surface area contributed by atoms with Crippen molar-refractivity contribution in [2.24, 2.45) is 0 Å². The van der Waals surface area contributed by atoms with Crippen LogP contribution in [0.4, 0.5) is 5.69 Å². The predicted molar refractivity (Wildman–Crippen MR) is 133 cm³/mol. The zero-order chi connectivity index (χ0) is 24.6. The van der Waals surface area contributed by atoms with Crippen molar-refractivity contribution in [1.29, 1.82) is 0 Å². The number of rotatable bonds is 7. The van der Waals surface area contributed by atoms with Crippen LogP contribution in [-0.2, 0) is 14.0 Å². The first-order valence-electron chi connectivity index (χ1n) is 10.7. The largest absolute Gasteiger partial charge is 0.506 e. The Morgan fingerprint density at radius 3 is 2.58 bits per heavy atom. The molecule has 178 valence electrons. The normalized spacial score (nSPS) is 12.2. The molecule has 0 radical (unpaired) electrons. The van der Waals surface area contributed by atoms with Crippen LogP contribution in [0.2, 0.25) is 18.1 Å². The fraction of sp³-hybridized carbons (Fsp3) is 0.435. The van der Waals surface area contributed by atoms with E-state index in [-0.39, 0.29) is 21.6 Å². The molecular weight excluding hydrogens is 458 g/mol. The molecule has 3 rings (SSSR count). The molecule has 1 amide bonds. The van der Waals surface area contributed by atoms with Crippen molar-refractivity contribution in [3.8, 4) is 16.3 Å². The van der Waals surface area contributed by atoms with Crippen LogP contribution in [0.3, 0.4) is 0 Å². The second-order valence-corrected chi connectivity index (χ2v) is 15.2. The van der Waals surface area contributed by atoms with E-state index < -0.39 is 14.3 Å². The van der Waals surface area contributed by atoms with E-state index in [4.69, 9.17) is 9.16 Å². The Balaban J connectivity index is 1.90. The quantitative estimate of drug-likeness (QED) is 0.374. The average molecular weight is 490 g/mol. The molecule has 33 heavy (non-hydrogen) atoms. The van der Waals surface area contributed by atoms with E-state index >= 15 is 0 Å². The molecule has 0 atom stereocenters. The molecule has 0 aromatic carbocycles. The Kier molecular flexibility index (Phi) is 7.01. The fourth-order valence-corrected chi connectivity index (χ4v) is 5.15. The number of carbonyl (C=O) groups excluding carboxylic acids is 2. The maximum Gasteiger partial charge on any atom is 0.351 e.